The number of amides is 1. The third kappa shape index (κ3) is 6.03. The Labute approximate surface area is 222 Å². The van der Waals surface area contributed by atoms with Crippen LogP contribution in [0.4, 0.5) is 5.69 Å². The van der Waals surface area contributed by atoms with Crippen molar-refractivity contribution < 1.29 is 9.53 Å². The topological polar surface area (TPSA) is 50.7 Å². The van der Waals surface area contributed by atoms with Crippen LogP contribution in [0, 0.1) is 6.92 Å². The number of aryl methyl sites for hydroxylation is 1. The Balaban J connectivity index is 1.51. The van der Waals surface area contributed by atoms with Gasteiger partial charge in [-0.15, -0.1) is 0 Å². The maximum absolute atomic E-state index is 12.5. The molecule has 0 bridgehead atoms. The fourth-order valence-corrected chi connectivity index (χ4v) is 5.58. The summed E-state index contributed by atoms with van der Waals surface area (Å²) < 4.78 is 7.56. The molecule has 1 heterocycles. The quantitative estimate of drug-likeness (QED) is 0.290. The number of hydrogen-bond acceptors (Lipinski definition) is 4. The number of aliphatic imine (C=N–C) groups is 1. The molecule has 0 atom stereocenters. The number of carbonyl (C=O) groups is 1. The molecular weight excluding hydrogens is 611 g/mol. The van der Waals surface area contributed by atoms with Gasteiger partial charge in [0.25, 0.3) is 5.91 Å². The summed E-state index contributed by atoms with van der Waals surface area (Å²) in [5, 5.41) is 3.94. The molecule has 9 heteroatoms. The molecule has 3 aromatic rings. The molecule has 4 rings (SSSR count). The van der Waals surface area contributed by atoms with Gasteiger partial charge < -0.3 is 10.1 Å². The Morgan fingerprint density at radius 3 is 2.48 bits per heavy atom. The first-order chi connectivity index (χ1) is 15.8. The van der Waals surface area contributed by atoms with E-state index >= 15 is 0 Å². The van der Waals surface area contributed by atoms with Gasteiger partial charge in [0.2, 0.25) is 0 Å². The lowest BCUT2D eigenvalue weighted by Crippen LogP contribution is -2.19. The maximum atomic E-state index is 12.5. The number of thioether (sulfide) groups is 1. The summed E-state index contributed by atoms with van der Waals surface area (Å²) in [5.41, 5.74) is 3.61. The van der Waals surface area contributed by atoms with Crippen molar-refractivity contribution >= 4 is 89.7 Å². The van der Waals surface area contributed by atoms with Gasteiger partial charge in [-0.1, -0.05) is 59.1 Å². The molecule has 0 unspecified atom stereocenters. The average Bonchev–Trinajstić information content (AvgIpc) is 3.10. The monoisotopic (exact) mass is 624 g/mol. The van der Waals surface area contributed by atoms with Crippen molar-refractivity contribution in [3.05, 3.63) is 95.2 Å². The van der Waals surface area contributed by atoms with Crippen LogP contribution >= 0.6 is 66.8 Å². The molecule has 0 aliphatic carbocycles. The van der Waals surface area contributed by atoms with Crippen LogP contribution in [0.25, 0.3) is 6.08 Å². The van der Waals surface area contributed by atoms with Gasteiger partial charge in [0.1, 0.15) is 12.4 Å². The van der Waals surface area contributed by atoms with E-state index in [1.807, 2.05) is 24.3 Å². The molecule has 0 spiro atoms. The molecule has 4 nitrogen and oxygen atoms in total. The van der Waals surface area contributed by atoms with Crippen LogP contribution in [-0.4, -0.2) is 11.1 Å². The van der Waals surface area contributed by atoms with Gasteiger partial charge in [0.05, 0.1) is 29.6 Å². The Morgan fingerprint density at radius 1 is 1.09 bits per heavy atom. The fourth-order valence-electron chi connectivity index (χ4n) is 2.96. The highest BCUT2D eigenvalue weighted by Crippen LogP contribution is 2.38. The predicted octanol–water partition coefficient (Wildman–Crippen LogP) is 8.30. The van der Waals surface area contributed by atoms with Crippen molar-refractivity contribution in [1.29, 1.82) is 0 Å². The lowest BCUT2D eigenvalue weighted by atomic mass is 10.1. The summed E-state index contributed by atoms with van der Waals surface area (Å²) >= 11 is 20.6. The van der Waals surface area contributed by atoms with Gasteiger partial charge in [0, 0.05) is 0 Å². The van der Waals surface area contributed by atoms with Crippen LogP contribution in [-0.2, 0) is 11.4 Å². The molecule has 1 N–H and O–H groups in total. The van der Waals surface area contributed by atoms with Gasteiger partial charge in [-0.05, 0) is 92.0 Å². The SMILES string of the molecule is Cc1ccc(COc2c(Br)cc(/C=C3\SC(=Nc4cccc(Cl)c4Cl)NC3=O)cc2Br)cc1. The van der Waals surface area contributed by atoms with Crippen LogP contribution in [0.1, 0.15) is 16.7 Å². The first-order valence-electron chi connectivity index (χ1n) is 9.71. The molecule has 1 fully saturated rings. The summed E-state index contributed by atoms with van der Waals surface area (Å²) in [5.74, 6) is 0.461. The number of carbonyl (C=O) groups excluding carboxylic acids is 1. The Hall–Kier alpha value is -1.77. The van der Waals surface area contributed by atoms with E-state index in [1.165, 1.54) is 17.3 Å². The largest absolute Gasteiger partial charge is 0.487 e. The molecule has 33 heavy (non-hydrogen) atoms. The van der Waals surface area contributed by atoms with Crippen LogP contribution in [0.3, 0.4) is 0 Å². The third-order valence-electron chi connectivity index (χ3n) is 4.63. The molecular formula is C24H16Br2Cl2N2O2S. The highest BCUT2D eigenvalue weighted by Gasteiger charge is 2.24. The number of rotatable bonds is 5. The molecule has 168 valence electrons. The Morgan fingerprint density at radius 2 is 1.79 bits per heavy atom. The van der Waals surface area contributed by atoms with Gasteiger partial charge in [-0.25, -0.2) is 4.99 Å². The van der Waals surface area contributed by atoms with Crippen molar-refractivity contribution in [2.75, 3.05) is 0 Å². The average molecular weight is 627 g/mol. The second kappa shape index (κ2) is 10.7. The minimum Gasteiger partial charge on any atom is -0.487 e. The van der Waals surface area contributed by atoms with E-state index in [0.717, 1.165) is 20.1 Å². The zero-order valence-corrected chi connectivity index (χ0v) is 22.7. The molecule has 0 aromatic heterocycles. The lowest BCUT2D eigenvalue weighted by molar-refractivity contribution is -0.115. The van der Waals surface area contributed by atoms with Gasteiger partial charge >= 0.3 is 0 Å². The molecule has 1 aliphatic rings. The van der Waals surface area contributed by atoms with Crippen LogP contribution in [0.15, 0.2) is 73.4 Å². The molecule has 0 radical (unpaired) electrons. The Kier molecular flexibility index (Phi) is 7.87. The van der Waals surface area contributed by atoms with Crippen molar-refractivity contribution in [1.82, 2.24) is 5.32 Å². The number of nitrogens with one attached hydrogen (secondary N) is 1. The second-order valence-corrected chi connectivity index (χ2v) is 10.7. The summed E-state index contributed by atoms with van der Waals surface area (Å²) in [6.45, 7) is 2.50. The van der Waals surface area contributed by atoms with E-state index in [2.05, 4.69) is 61.2 Å². The van der Waals surface area contributed by atoms with E-state index < -0.39 is 0 Å². The number of amidine groups is 1. The van der Waals surface area contributed by atoms with E-state index in [-0.39, 0.29) is 5.91 Å². The number of hydrogen-bond donors (Lipinski definition) is 1. The van der Waals surface area contributed by atoms with Gasteiger partial charge in [-0.3, -0.25) is 4.79 Å². The van der Waals surface area contributed by atoms with E-state index in [0.29, 0.717) is 38.2 Å². The first-order valence-corrected chi connectivity index (χ1v) is 12.9. The number of nitrogens with zero attached hydrogens (tertiary/aromatic N) is 1. The molecule has 3 aromatic carbocycles. The third-order valence-corrected chi connectivity index (χ3v) is 7.52. The van der Waals surface area contributed by atoms with Crippen LogP contribution < -0.4 is 10.1 Å². The summed E-state index contributed by atoms with van der Waals surface area (Å²) in [6.07, 6.45) is 1.79. The fraction of sp³-hybridized carbons (Fsp3) is 0.0833. The van der Waals surface area contributed by atoms with Gasteiger partial charge in [0.15, 0.2) is 5.17 Å². The zero-order chi connectivity index (χ0) is 23.5. The highest BCUT2D eigenvalue weighted by molar-refractivity contribution is 9.11. The molecule has 1 aliphatic heterocycles. The van der Waals surface area contributed by atoms with Crippen LogP contribution in [0.5, 0.6) is 5.75 Å². The summed E-state index contributed by atoms with van der Waals surface area (Å²) in [7, 11) is 0. The number of benzene rings is 3. The smallest absolute Gasteiger partial charge is 0.264 e. The Bertz CT molecular complexity index is 1270. The minimum absolute atomic E-state index is 0.233. The maximum Gasteiger partial charge on any atom is 0.264 e. The zero-order valence-electron chi connectivity index (χ0n) is 17.2. The normalized spacial score (nSPS) is 15.8. The van der Waals surface area contributed by atoms with E-state index in [4.69, 9.17) is 27.9 Å². The highest BCUT2D eigenvalue weighted by atomic mass is 79.9. The number of halogens is 4. The summed E-state index contributed by atoms with van der Waals surface area (Å²) in [4.78, 5) is 17.4. The summed E-state index contributed by atoms with van der Waals surface area (Å²) in [6, 6.07) is 17.2. The standard InChI is InChI=1S/C24H16Br2Cl2N2O2S/c1-13-5-7-14(8-6-13)12-32-22-16(25)9-15(10-17(22)26)11-20-23(31)30-24(33-20)29-19-4-2-3-18(27)21(19)28/h2-11H,12H2,1H3,(H,29,30,31)/b20-11-. The van der Waals surface area contributed by atoms with E-state index in [1.54, 1.807) is 24.3 Å². The lowest BCUT2D eigenvalue weighted by Gasteiger charge is -2.12. The minimum atomic E-state index is -0.233. The first kappa shape index (κ1) is 24.4. The number of ether oxygens (including phenoxy) is 1. The molecule has 0 saturated carbocycles. The molecule has 1 saturated heterocycles. The van der Waals surface area contributed by atoms with Crippen molar-refractivity contribution in [3.63, 3.8) is 0 Å². The van der Waals surface area contributed by atoms with Crippen LogP contribution in [0.2, 0.25) is 10.0 Å². The van der Waals surface area contributed by atoms with E-state index in [9.17, 15) is 4.79 Å². The molecule has 1 amide bonds. The second-order valence-electron chi connectivity index (χ2n) is 7.14. The predicted molar refractivity (Wildman–Crippen MR) is 145 cm³/mol. The van der Waals surface area contributed by atoms with Crippen molar-refractivity contribution in [2.45, 2.75) is 13.5 Å². The van der Waals surface area contributed by atoms with Gasteiger partial charge in [-0.2, -0.15) is 0 Å². The van der Waals surface area contributed by atoms with Crippen molar-refractivity contribution in [2.24, 2.45) is 4.99 Å². The van der Waals surface area contributed by atoms with Crippen molar-refractivity contribution in [3.8, 4) is 5.75 Å².